The lowest BCUT2D eigenvalue weighted by molar-refractivity contribution is 0.249. The zero-order chi connectivity index (χ0) is 7.84. The summed E-state index contributed by atoms with van der Waals surface area (Å²) in [5.74, 6) is 0.314. The first kappa shape index (κ1) is 6.48. The Kier molecular flexibility index (Phi) is 1.25. The van der Waals surface area contributed by atoms with E-state index in [0.29, 0.717) is 11.5 Å². The predicted octanol–water partition coefficient (Wildman–Crippen LogP) is 0.156. The summed E-state index contributed by atoms with van der Waals surface area (Å²) in [6.45, 7) is 0. The third kappa shape index (κ3) is 0.932. The number of hydrogen-bond donors (Lipinski definition) is 1. The molecule has 6 heteroatoms. The van der Waals surface area contributed by atoms with Crippen LogP contribution in [0.5, 0.6) is 0 Å². The maximum absolute atomic E-state index is 10.7. The molecule has 0 aromatic heterocycles. The average molecular weight is 171 g/mol. The van der Waals surface area contributed by atoms with Crippen molar-refractivity contribution in [3.05, 3.63) is 0 Å². The summed E-state index contributed by atoms with van der Waals surface area (Å²) in [6.07, 6.45) is 1.32. The first-order valence-electron chi connectivity index (χ1n) is 2.91. The monoisotopic (exact) mass is 170 g/mol. The van der Waals surface area contributed by atoms with Gasteiger partial charge in [-0.1, -0.05) is 11.6 Å². The highest BCUT2D eigenvalue weighted by Crippen LogP contribution is 2.08. The van der Waals surface area contributed by atoms with Crippen LogP contribution >= 0.6 is 11.6 Å². The average Bonchev–Trinajstić information content (AvgIpc) is 2.34. The van der Waals surface area contributed by atoms with Crippen LogP contribution in [-0.2, 0) is 0 Å². The SMILES string of the molecule is O=C1N=C2N=CN=C2C(Cl)N1. The van der Waals surface area contributed by atoms with E-state index in [1.807, 2.05) is 0 Å². The Morgan fingerprint density at radius 1 is 1.64 bits per heavy atom. The highest BCUT2D eigenvalue weighted by atomic mass is 35.5. The molecule has 2 aliphatic rings. The predicted molar refractivity (Wildman–Crippen MR) is 41.5 cm³/mol. The van der Waals surface area contributed by atoms with Crippen molar-refractivity contribution < 1.29 is 4.79 Å². The molecule has 0 bridgehead atoms. The molecule has 2 amide bonds. The van der Waals surface area contributed by atoms with Crippen molar-refractivity contribution >= 4 is 35.5 Å². The van der Waals surface area contributed by atoms with Crippen LogP contribution in [0.1, 0.15) is 0 Å². The van der Waals surface area contributed by atoms with E-state index in [1.165, 1.54) is 6.34 Å². The topological polar surface area (TPSA) is 66.2 Å². The molecule has 2 heterocycles. The number of fused-ring (bicyclic) bond motifs is 1. The lowest BCUT2D eigenvalue weighted by Gasteiger charge is -2.13. The van der Waals surface area contributed by atoms with Gasteiger partial charge in [-0.2, -0.15) is 4.99 Å². The molecule has 11 heavy (non-hydrogen) atoms. The number of amides is 2. The molecule has 0 saturated heterocycles. The molecule has 0 aromatic rings. The van der Waals surface area contributed by atoms with Gasteiger partial charge in [-0.3, -0.25) is 0 Å². The summed E-state index contributed by atoms with van der Waals surface area (Å²) < 4.78 is 0. The van der Waals surface area contributed by atoms with Crippen molar-refractivity contribution in [2.45, 2.75) is 5.50 Å². The Hall–Kier alpha value is -1.23. The Bertz CT molecular complexity index is 306. The number of carbonyl (C=O) groups is 1. The number of hydrogen-bond acceptors (Lipinski definition) is 3. The van der Waals surface area contributed by atoms with Crippen LogP contribution in [0.25, 0.3) is 0 Å². The molecule has 2 rings (SSSR count). The van der Waals surface area contributed by atoms with Gasteiger partial charge in [-0.15, -0.1) is 0 Å². The smallest absolute Gasteiger partial charge is 0.314 e. The summed E-state index contributed by atoms with van der Waals surface area (Å²) >= 11 is 5.69. The number of urea groups is 1. The van der Waals surface area contributed by atoms with E-state index in [9.17, 15) is 4.79 Å². The Morgan fingerprint density at radius 2 is 2.45 bits per heavy atom. The van der Waals surface area contributed by atoms with Gasteiger partial charge < -0.3 is 5.32 Å². The molecule has 1 atom stereocenters. The number of amidine groups is 1. The molecule has 1 N–H and O–H groups in total. The highest BCUT2D eigenvalue weighted by molar-refractivity contribution is 6.57. The highest BCUT2D eigenvalue weighted by Gasteiger charge is 2.27. The zero-order valence-corrected chi connectivity index (χ0v) is 6.04. The van der Waals surface area contributed by atoms with Crippen molar-refractivity contribution in [2.75, 3.05) is 0 Å². The summed E-state index contributed by atoms with van der Waals surface area (Å²) in [6, 6.07) is -0.474. The molecule has 1 unspecified atom stereocenters. The van der Waals surface area contributed by atoms with Gasteiger partial charge in [0.05, 0.1) is 0 Å². The maximum atomic E-state index is 10.7. The van der Waals surface area contributed by atoms with Crippen molar-refractivity contribution in [1.29, 1.82) is 0 Å². The molecule has 0 aromatic carbocycles. The van der Waals surface area contributed by atoms with Crippen LogP contribution in [0.4, 0.5) is 4.79 Å². The third-order valence-electron chi connectivity index (χ3n) is 1.30. The largest absolute Gasteiger partial charge is 0.344 e. The van der Waals surface area contributed by atoms with Gasteiger partial charge in [0.25, 0.3) is 0 Å². The van der Waals surface area contributed by atoms with Gasteiger partial charge in [0.1, 0.15) is 12.1 Å². The van der Waals surface area contributed by atoms with Gasteiger partial charge in [-0.05, 0) is 0 Å². The van der Waals surface area contributed by atoms with Crippen LogP contribution in [0.2, 0.25) is 0 Å². The van der Waals surface area contributed by atoms with Crippen LogP contribution in [0, 0.1) is 0 Å². The Labute approximate surface area is 66.9 Å². The fraction of sp³-hybridized carbons (Fsp3) is 0.200. The first-order chi connectivity index (χ1) is 5.27. The van der Waals surface area contributed by atoms with E-state index in [0.717, 1.165) is 0 Å². The standard InChI is InChI=1S/C5H3ClN4O/c6-3-2-4(8-1-7-2)10-5(11)9-3/h1,3H,(H,9,11). The summed E-state index contributed by atoms with van der Waals surface area (Å²) in [7, 11) is 0. The van der Waals surface area contributed by atoms with Crippen molar-refractivity contribution in [3.8, 4) is 0 Å². The number of nitrogens with one attached hydrogen (secondary N) is 1. The zero-order valence-electron chi connectivity index (χ0n) is 5.28. The van der Waals surface area contributed by atoms with Crippen molar-refractivity contribution in [2.24, 2.45) is 15.0 Å². The van der Waals surface area contributed by atoms with Gasteiger partial charge in [0.15, 0.2) is 11.3 Å². The minimum atomic E-state index is -0.600. The summed E-state index contributed by atoms with van der Waals surface area (Å²) in [5, 5.41) is 2.38. The molecule has 0 radical (unpaired) electrons. The van der Waals surface area contributed by atoms with E-state index in [1.54, 1.807) is 0 Å². The molecular formula is C5H3ClN4O. The second-order valence-electron chi connectivity index (χ2n) is 2.01. The Balaban J connectivity index is 2.45. The molecular weight excluding hydrogens is 168 g/mol. The van der Waals surface area contributed by atoms with E-state index >= 15 is 0 Å². The van der Waals surface area contributed by atoms with Crippen LogP contribution in [-0.4, -0.2) is 29.4 Å². The lowest BCUT2D eigenvalue weighted by atomic mass is 10.3. The number of halogens is 1. The van der Waals surface area contributed by atoms with Crippen LogP contribution in [0.15, 0.2) is 15.0 Å². The minimum Gasteiger partial charge on any atom is -0.314 e. The summed E-state index contributed by atoms with van der Waals surface area (Å²) in [4.78, 5) is 21.8. The number of alkyl halides is 1. The molecule has 5 nitrogen and oxygen atoms in total. The normalized spacial score (nSPS) is 27.4. The third-order valence-corrected chi connectivity index (χ3v) is 1.62. The number of carbonyl (C=O) groups excluding carboxylic acids is 1. The number of rotatable bonds is 0. The van der Waals surface area contributed by atoms with Crippen LogP contribution in [0.3, 0.4) is 0 Å². The molecule has 0 fully saturated rings. The number of aliphatic imine (C=N–C) groups is 3. The van der Waals surface area contributed by atoms with Crippen molar-refractivity contribution in [3.63, 3.8) is 0 Å². The Morgan fingerprint density at radius 3 is 3.27 bits per heavy atom. The fourth-order valence-corrected chi connectivity index (χ4v) is 1.09. The van der Waals surface area contributed by atoms with Gasteiger partial charge in [0.2, 0.25) is 0 Å². The minimum absolute atomic E-state index is 0.314. The van der Waals surface area contributed by atoms with Crippen molar-refractivity contribution in [1.82, 2.24) is 5.32 Å². The molecule has 0 aliphatic carbocycles. The lowest BCUT2D eigenvalue weighted by Crippen LogP contribution is -2.42. The fourth-order valence-electron chi connectivity index (χ4n) is 0.840. The molecule has 0 spiro atoms. The number of nitrogens with zero attached hydrogens (tertiary/aromatic N) is 3. The van der Waals surface area contributed by atoms with E-state index < -0.39 is 11.5 Å². The second kappa shape index (κ2) is 2.13. The second-order valence-corrected chi connectivity index (χ2v) is 2.44. The summed E-state index contributed by atoms with van der Waals surface area (Å²) in [5.41, 5.74) is -0.0937. The molecule has 0 saturated carbocycles. The van der Waals surface area contributed by atoms with E-state index in [2.05, 4.69) is 20.3 Å². The quantitative estimate of drug-likeness (QED) is 0.408. The van der Waals surface area contributed by atoms with Crippen LogP contribution < -0.4 is 5.32 Å². The molecule has 56 valence electrons. The van der Waals surface area contributed by atoms with Gasteiger partial charge >= 0.3 is 6.03 Å². The van der Waals surface area contributed by atoms with E-state index in [4.69, 9.17) is 11.6 Å². The van der Waals surface area contributed by atoms with E-state index in [-0.39, 0.29) is 0 Å². The molecule has 2 aliphatic heterocycles. The first-order valence-corrected chi connectivity index (χ1v) is 3.35. The van der Waals surface area contributed by atoms with Gasteiger partial charge in [-0.25, -0.2) is 14.8 Å². The van der Waals surface area contributed by atoms with Gasteiger partial charge in [0, 0.05) is 0 Å². The maximum Gasteiger partial charge on any atom is 0.344 e.